The van der Waals surface area contributed by atoms with Crippen LogP contribution in [0.15, 0.2) is 18.2 Å². The van der Waals surface area contributed by atoms with Crippen molar-refractivity contribution < 1.29 is 5.11 Å². The van der Waals surface area contributed by atoms with Gasteiger partial charge in [0.05, 0.1) is 10.7 Å². The fourth-order valence-electron chi connectivity index (χ4n) is 2.08. The smallest absolute Gasteiger partial charge is 0.0640 e. The topological polar surface area (TPSA) is 23.5 Å². The molecule has 1 aromatic carbocycles. The first kappa shape index (κ1) is 12.0. The number of rotatable bonds is 2. The zero-order valence-electron chi connectivity index (χ0n) is 9.00. The summed E-state index contributed by atoms with van der Waals surface area (Å²) in [5, 5.41) is 10.5. The van der Waals surface area contributed by atoms with Crippen LogP contribution in [-0.2, 0) is 0 Å². The third-order valence-electron chi connectivity index (χ3n) is 3.12. The Morgan fingerprint density at radius 3 is 2.56 bits per heavy atom. The van der Waals surface area contributed by atoms with E-state index in [9.17, 15) is 0 Å². The molecular formula is C12H15Cl2NO. The first-order valence-electron chi connectivity index (χ1n) is 5.51. The maximum absolute atomic E-state index is 9.08. The molecule has 1 N–H and O–H groups in total. The van der Waals surface area contributed by atoms with Crippen LogP contribution in [0, 0.1) is 5.92 Å². The van der Waals surface area contributed by atoms with Crippen molar-refractivity contribution in [2.45, 2.75) is 12.8 Å². The Bertz CT molecular complexity index is 362. The number of aliphatic hydroxyl groups excluding tert-OH is 1. The van der Waals surface area contributed by atoms with Crippen LogP contribution in [0.3, 0.4) is 0 Å². The van der Waals surface area contributed by atoms with Gasteiger partial charge in [-0.3, -0.25) is 0 Å². The van der Waals surface area contributed by atoms with Crippen LogP contribution >= 0.6 is 23.2 Å². The molecule has 0 saturated carbocycles. The second-order valence-electron chi connectivity index (χ2n) is 4.21. The number of benzene rings is 1. The van der Waals surface area contributed by atoms with Gasteiger partial charge in [-0.15, -0.1) is 0 Å². The van der Waals surface area contributed by atoms with E-state index < -0.39 is 0 Å². The maximum atomic E-state index is 9.08. The molecule has 0 aromatic heterocycles. The molecule has 1 heterocycles. The molecule has 16 heavy (non-hydrogen) atoms. The lowest BCUT2D eigenvalue weighted by Crippen LogP contribution is -2.34. The molecule has 0 atom stereocenters. The van der Waals surface area contributed by atoms with E-state index in [0.29, 0.717) is 10.9 Å². The highest BCUT2D eigenvalue weighted by Gasteiger charge is 2.20. The first-order valence-corrected chi connectivity index (χ1v) is 6.27. The molecule has 4 heteroatoms. The van der Waals surface area contributed by atoms with Gasteiger partial charge in [0.1, 0.15) is 0 Å². The lowest BCUT2D eigenvalue weighted by atomic mass is 9.97. The summed E-state index contributed by atoms with van der Waals surface area (Å²) < 4.78 is 0. The first-order chi connectivity index (χ1) is 7.70. The standard InChI is InChI=1S/C12H15Cl2NO/c13-10-1-2-11(14)12(7-10)15-5-3-9(8-16)4-6-15/h1-2,7,9,16H,3-6,8H2. The molecule has 2 rings (SSSR count). The van der Waals surface area contributed by atoms with Crippen molar-refractivity contribution in [3.8, 4) is 0 Å². The highest BCUT2D eigenvalue weighted by atomic mass is 35.5. The van der Waals surface area contributed by atoms with Crippen molar-refractivity contribution in [2.24, 2.45) is 5.92 Å². The van der Waals surface area contributed by atoms with Crippen LogP contribution < -0.4 is 4.90 Å². The summed E-state index contributed by atoms with van der Waals surface area (Å²) in [6.07, 6.45) is 2.03. The molecule has 1 aliphatic heterocycles. The molecular weight excluding hydrogens is 245 g/mol. The number of hydrogen-bond donors (Lipinski definition) is 1. The Balaban J connectivity index is 2.10. The highest BCUT2D eigenvalue weighted by Crippen LogP contribution is 2.31. The number of nitrogens with zero attached hydrogens (tertiary/aromatic N) is 1. The fraction of sp³-hybridized carbons (Fsp3) is 0.500. The summed E-state index contributed by atoms with van der Waals surface area (Å²) in [4.78, 5) is 2.24. The fourth-order valence-corrected chi connectivity index (χ4v) is 2.49. The quantitative estimate of drug-likeness (QED) is 0.882. The molecule has 88 valence electrons. The lowest BCUT2D eigenvalue weighted by Gasteiger charge is -2.33. The molecule has 0 spiro atoms. The number of aliphatic hydroxyl groups is 1. The molecule has 1 fully saturated rings. The molecule has 1 saturated heterocycles. The van der Waals surface area contributed by atoms with Crippen molar-refractivity contribution >= 4 is 28.9 Å². The summed E-state index contributed by atoms with van der Waals surface area (Å²) in [5.74, 6) is 0.439. The highest BCUT2D eigenvalue weighted by molar-refractivity contribution is 6.35. The van der Waals surface area contributed by atoms with E-state index >= 15 is 0 Å². The average molecular weight is 260 g/mol. The third-order valence-corrected chi connectivity index (χ3v) is 3.68. The Morgan fingerprint density at radius 2 is 1.94 bits per heavy atom. The van der Waals surface area contributed by atoms with E-state index in [2.05, 4.69) is 4.90 Å². The number of anilines is 1. The van der Waals surface area contributed by atoms with Gasteiger partial charge in [-0.05, 0) is 37.0 Å². The van der Waals surface area contributed by atoms with E-state index in [-0.39, 0.29) is 6.61 Å². The van der Waals surface area contributed by atoms with Gasteiger partial charge in [0, 0.05) is 24.7 Å². The van der Waals surface area contributed by atoms with E-state index in [1.54, 1.807) is 6.07 Å². The summed E-state index contributed by atoms with van der Waals surface area (Å²) in [7, 11) is 0. The summed E-state index contributed by atoms with van der Waals surface area (Å²) >= 11 is 12.1. The van der Waals surface area contributed by atoms with E-state index in [0.717, 1.165) is 36.6 Å². The Morgan fingerprint density at radius 1 is 1.25 bits per heavy atom. The predicted octanol–water partition coefficient (Wildman–Crippen LogP) is 3.20. The summed E-state index contributed by atoms with van der Waals surface area (Å²) in [5.41, 5.74) is 1.01. The van der Waals surface area contributed by atoms with Crippen LogP contribution in [0.25, 0.3) is 0 Å². The Kier molecular flexibility index (Phi) is 3.95. The van der Waals surface area contributed by atoms with Gasteiger partial charge in [0.15, 0.2) is 0 Å². The second kappa shape index (κ2) is 5.26. The molecule has 0 bridgehead atoms. The second-order valence-corrected chi connectivity index (χ2v) is 5.05. The van der Waals surface area contributed by atoms with Gasteiger partial charge >= 0.3 is 0 Å². The van der Waals surface area contributed by atoms with Gasteiger partial charge < -0.3 is 10.0 Å². The minimum atomic E-state index is 0.289. The molecule has 0 amide bonds. The number of halogens is 2. The van der Waals surface area contributed by atoms with E-state index in [4.69, 9.17) is 28.3 Å². The monoisotopic (exact) mass is 259 g/mol. The van der Waals surface area contributed by atoms with Crippen molar-refractivity contribution in [1.29, 1.82) is 0 Å². The van der Waals surface area contributed by atoms with Crippen molar-refractivity contribution in [1.82, 2.24) is 0 Å². The normalized spacial score (nSPS) is 17.8. The summed E-state index contributed by atoms with van der Waals surface area (Å²) in [6, 6.07) is 5.54. The molecule has 1 aliphatic rings. The minimum Gasteiger partial charge on any atom is -0.396 e. The zero-order valence-corrected chi connectivity index (χ0v) is 10.5. The van der Waals surface area contributed by atoms with Gasteiger partial charge in [-0.25, -0.2) is 0 Å². The lowest BCUT2D eigenvalue weighted by molar-refractivity contribution is 0.203. The van der Waals surface area contributed by atoms with Crippen molar-refractivity contribution in [2.75, 3.05) is 24.6 Å². The average Bonchev–Trinajstić information content (AvgIpc) is 2.32. The molecule has 1 aromatic rings. The van der Waals surface area contributed by atoms with Crippen LogP contribution in [0.1, 0.15) is 12.8 Å². The zero-order chi connectivity index (χ0) is 11.5. The minimum absolute atomic E-state index is 0.289. The van der Waals surface area contributed by atoms with Gasteiger partial charge in [-0.1, -0.05) is 23.2 Å². The largest absolute Gasteiger partial charge is 0.396 e. The molecule has 0 aliphatic carbocycles. The van der Waals surface area contributed by atoms with Crippen LogP contribution in [-0.4, -0.2) is 24.8 Å². The van der Waals surface area contributed by atoms with Gasteiger partial charge in [-0.2, -0.15) is 0 Å². The summed E-state index contributed by atoms with van der Waals surface area (Å²) in [6.45, 7) is 2.16. The predicted molar refractivity (Wildman–Crippen MR) is 68.5 cm³/mol. The third kappa shape index (κ3) is 2.62. The van der Waals surface area contributed by atoms with Crippen LogP contribution in [0.2, 0.25) is 10.0 Å². The van der Waals surface area contributed by atoms with Crippen molar-refractivity contribution in [3.63, 3.8) is 0 Å². The molecule has 0 radical (unpaired) electrons. The molecule has 0 unspecified atom stereocenters. The van der Waals surface area contributed by atoms with Gasteiger partial charge in [0.2, 0.25) is 0 Å². The maximum Gasteiger partial charge on any atom is 0.0640 e. The van der Waals surface area contributed by atoms with Crippen LogP contribution in [0.5, 0.6) is 0 Å². The van der Waals surface area contributed by atoms with Crippen molar-refractivity contribution in [3.05, 3.63) is 28.2 Å². The number of hydrogen-bond acceptors (Lipinski definition) is 2. The Labute approximate surface area is 106 Å². The number of piperidine rings is 1. The van der Waals surface area contributed by atoms with Gasteiger partial charge in [0.25, 0.3) is 0 Å². The van der Waals surface area contributed by atoms with E-state index in [1.165, 1.54) is 0 Å². The van der Waals surface area contributed by atoms with Crippen LogP contribution in [0.4, 0.5) is 5.69 Å². The Hall–Kier alpha value is -0.440. The van der Waals surface area contributed by atoms with E-state index in [1.807, 2.05) is 12.1 Å². The SMILES string of the molecule is OCC1CCN(c2cc(Cl)ccc2Cl)CC1. The molecule has 2 nitrogen and oxygen atoms in total.